The lowest BCUT2D eigenvalue weighted by atomic mass is 10.1. The van der Waals surface area contributed by atoms with Gasteiger partial charge in [-0.25, -0.2) is 4.79 Å². The van der Waals surface area contributed by atoms with E-state index in [1.165, 1.54) is 15.9 Å². The fourth-order valence-electron chi connectivity index (χ4n) is 2.31. The molecule has 22 heavy (non-hydrogen) atoms. The number of nitrogens with zero attached hydrogens (tertiary/aromatic N) is 1. The van der Waals surface area contributed by atoms with Gasteiger partial charge in [-0.3, -0.25) is 0 Å². The van der Waals surface area contributed by atoms with Crippen molar-refractivity contribution in [3.8, 4) is 0 Å². The van der Waals surface area contributed by atoms with Gasteiger partial charge in [0.25, 0.3) is 0 Å². The van der Waals surface area contributed by atoms with E-state index in [0.717, 1.165) is 17.6 Å². The molecule has 2 N–H and O–H groups in total. The normalized spacial score (nSPS) is 11.0. The number of aromatic amines is 1. The van der Waals surface area contributed by atoms with E-state index >= 15 is 0 Å². The van der Waals surface area contributed by atoms with Crippen LogP contribution in [0.3, 0.4) is 0 Å². The number of nitrogens with one attached hydrogen (secondary N) is 2. The molecule has 0 aliphatic rings. The van der Waals surface area contributed by atoms with Gasteiger partial charge in [0.15, 0.2) is 0 Å². The van der Waals surface area contributed by atoms with Crippen LogP contribution < -0.4 is 15.8 Å². The minimum absolute atomic E-state index is 0.250. The van der Waals surface area contributed by atoms with Crippen molar-refractivity contribution < 1.29 is 4.84 Å². The van der Waals surface area contributed by atoms with Gasteiger partial charge in [-0.15, -0.1) is 4.73 Å². The topological polar surface area (TPSA) is 59.0 Å². The molecule has 0 saturated heterocycles. The lowest BCUT2D eigenvalue weighted by Gasteiger charge is -2.08. The highest BCUT2D eigenvalue weighted by Gasteiger charge is 2.05. The Morgan fingerprint density at radius 2 is 1.91 bits per heavy atom. The molecule has 0 aliphatic heterocycles. The highest BCUT2D eigenvalue weighted by molar-refractivity contribution is 5.74. The summed E-state index contributed by atoms with van der Waals surface area (Å²) in [4.78, 5) is 20.1. The zero-order valence-corrected chi connectivity index (χ0v) is 12.5. The molecule has 3 aromatic rings. The van der Waals surface area contributed by atoms with E-state index in [0.29, 0.717) is 13.2 Å². The number of hydrogen-bond donors (Lipinski definition) is 2. The van der Waals surface area contributed by atoms with Gasteiger partial charge in [0, 0.05) is 13.1 Å². The molecule has 0 saturated carbocycles. The zero-order valence-electron chi connectivity index (χ0n) is 12.5. The van der Waals surface area contributed by atoms with Crippen LogP contribution in [0.4, 0.5) is 0 Å². The summed E-state index contributed by atoms with van der Waals surface area (Å²) in [6.07, 6.45) is 0. The Morgan fingerprint density at radius 1 is 1.14 bits per heavy atom. The summed E-state index contributed by atoms with van der Waals surface area (Å²) in [5.41, 5.74) is 3.77. The van der Waals surface area contributed by atoms with Gasteiger partial charge >= 0.3 is 5.69 Å². The quantitative estimate of drug-likeness (QED) is 0.683. The number of hydrogen-bond acceptors (Lipinski definition) is 3. The number of aromatic nitrogens is 2. The Hall–Kier alpha value is -2.53. The van der Waals surface area contributed by atoms with Gasteiger partial charge in [-0.2, -0.15) is 0 Å². The maximum absolute atomic E-state index is 11.8. The van der Waals surface area contributed by atoms with Gasteiger partial charge < -0.3 is 15.1 Å². The van der Waals surface area contributed by atoms with E-state index in [4.69, 9.17) is 4.84 Å². The minimum atomic E-state index is -0.250. The third kappa shape index (κ3) is 3.20. The van der Waals surface area contributed by atoms with Crippen molar-refractivity contribution in [1.29, 1.82) is 0 Å². The molecule has 1 heterocycles. The predicted octanol–water partition coefficient (Wildman–Crippen LogP) is 1.86. The number of rotatable bonds is 6. The summed E-state index contributed by atoms with van der Waals surface area (Å²) < 4.78 is 1.31. The van der Waals surface area contributed by atoms with Crippen LogP contribution in [0.1, 0.15) is 11.1 Å². The first-order valence-electron chi connectivity index (χ1n) is 7.33. The Kier molecular flexibility index (Phi) is 4.25. The van der Waals surface area contributed by atoms with Gasteiger partial charge in [0.2, 0.25) is 0 Å². The van der Waals surface area contributed by atoms with E-state index in [2.05, 4.69) is 41.5 Å². The van der Waals surface area contributed by atoms with Crippen LogP contribution in [-0.4, -0.2) is 22.9 Å². The molecule has 5 heteroatoms. The molecule has 1 aromatic heterocycles. The Balaban J connectivity index is 1.51. The second kappa shape index (κ2) is 6.49. The van der Waals surface area contributed by atoms with Crippen LogP contribution in [0, 0.1) is 6.92 Å². The maximum atomic E-state index is 11.8. The lowest BCUT2D eigenvalue weighted by molar-refractivity contribution is 0.113. The van der Waals surface area contributed by atoms with Crippen molar-refractivity contribution in [2.24, 2.45) is 0 Å². The third-order valence-corrected chi connectivity index (χ3v) is 3.50. The van der Waals surface area contributed by atoms with Gasteiger partial charge in [0.05, 0.1) is 5.52 Å². The van der Waals surface area contributed by atoms with E-state index in [1.54, 1.807) is 0 Å². The molecule has 5 nitrogen and oxygen atoms in total. The second-order valence-corrected chi connectivity index (χ2v) is 5.24. The maximum Gasteiger partial charge on any atom is 0.359 e. The average molecular weight is 297 g/mol. The molecule has 0 atom stereocenters. The van der Waals surface area contributed by atoms with Gasteiger partial charge in [-0.05, 0) is 24.6 Å². The first-order valence-corrected chi connectivity index (χ1v) is 7.33. The number of para-hydroxylation sites is 2. The first kappa shape index (κ1) is 14.4. The Morgan fingerprint density at radius 3 is 2.73 bits per heavy atom. The summed E-state index contributed by atoms with van der Waals surface area (Å²) in [5, 5.41) is 3.30. The highest BCUT2D eigenvalue weighted by Crippen LogP contribution is 2.07. The largest absolute Gasteiger partial charge is 0.408 e. The number of H-pyrrole nitrogens is 1. The molecule has 2 aromatic carbocycles. The summed E-state index contributed by atoms with van der Waals surface area (Å²) in [6.45, 7) is 3.95. The van der Waals surface area contributed by atoms with Crippen LogP contribution in [0.2, 0.25) is 0 Å². The molecule has 114 valence electrons. The summed E-state index contributed by atoms with van der Waals surface area (Å²) in [6, 6.07) is 15.9. The number of benzene rings is 2. The lowest BCUT2D eigenvalue weighted by Crippen LogP contribution is -2.30. The molecule has 0 spiro atoms. The van der Waals surface area contributed by atoms with Gasteiger partial charge in [0.1, 0.15) is 12.1 Å². The molecule has 0 amide bonds. The number of fused-ring (bicyclic) bond motifs is 1. The number of aryl methyl sites for hydroxylation is 1. The average Bonchev–Trinajstić information content (AvgIpc) is 2.85. The van der Waals surface area contributed by atoms with E-state index in [1.807, 2.05) is 24.3 Å². The van der Waals surface area contributed by atoms with Gasteiger partial charge in [-0.1, -0.05) is 42.0 Å². The van der Waals surface area contributed by atoms with Crippen LogP contribution >= 0.6 is 0 Å². The fourth-order valence-corrected chi connectivity index (χ4v) is 2.31. The Labute approximate surface area is 128 Å². The smallest absolute Gasteiger partial charge is 0.359 e. The predicted molar refractivity (Wildman–Crippen MR) is 86.9 cm³/mol. The first-order chi connectivity index (χ1) is 10.7. The molecular weight excluding hydrogens is 278 g/mol. The molecule has 3 rings (SSSR count). The number of imidazole rings is 1. The van der Waals surface area contributed by atoms with Crippen molar-refractivity contribution >= 4 is 11.0 Å². The van der Waals surface area contributed by atoms with Crippen molar-refractivity contribution in [3.63, 3.8) is 0 Å². The molecule has 0 radical (unpaired) electrons. The molecular formula is C17H19N3O2. The van der Waals surface area contributed by atoms with Crippen molar-refractivity contribution in [1.82, 2.24) is 15.0 Å². The van der Waals surface area contributed by atoms with Crippen LogP contribution in [0.5, 0.6) is 0 Å². The van der Waals surface area contributed by atoms with E-state index in [-0.39, 0.29) is 5.69 Å². The van der Waals surface area contributed by atoms with E-state index < -0.39 is 0 Å². The molecule has 0 fully saturated rings. The molecule has 0 unspecified atom stereocenters. The molecule has 0 bridgehead atoms. The van der Waals surface area contributed by atoms with Crippen molar-refractivity contribution in [2.75, 3.05) is 13.2 Å². The van der Waals surface area contributed by atoms with Crippen LogP contribution in [0.25, 0.3) is 11.0 Å². The monoisotopic (exact) mass is 297 g/mol. The van der Waals surface area contributed by atoms with E-state index in [9.17, 15) is 4.79 Å². The summed E-state index contributed by atoms with van der Waals surface area (Å²) in [5.74, 6) is 0. The summed E-state index contributed by atoms with van der Waals surface area (Å²) >= 11 is 0. The third-order valence-electron chi connectivity index (χ3n) is 3.50. The van der Waals surface area contributed by atoms with Crippen molar-refractivity contribution in [3.05, 3.63) is 70.1 Å². The fraction of sp³-hybridized carbons (Fsp3) is 0.235. The SMILES string of the molecule is Cc1ccc(CNCCOn2c(=O)[nH]c3ccccc32)cc1. The Bertz CT molecular complexity index is 803. The van der Waals surface area contributed by atoms with Crippen molar-refractivity contribution in [2.45, 2.75) is 13.5 Å². The zero-order chi connectivity index (χ0) is 15.4. The van der Waals surface area contributed by atoms with Crippen LogP contribution in [0.15, 0.2) is 53.3 Å². The highest BCUT2D eigenvalue weighted by atomic mass is 16.7. The molecule has 0 aliphatic carbocycles. The summed E-state index contributed by atoms with van der Waals surface area (Å²) in [7, 11) is 0. The second-order valence-electron chi connectivity index (χ2n) is 5.24. The minimum Gasteiger partial charge on any atom is -0.408 e. The van der Waals surface area contributed by atoms with Crippen LogP contribution in [-0.2, 0) is 6.54 Å². The standard InChI is InChI=1S/C17H19N3O2/c1-13-6-8-14(9-7-13)12-18-10-11-22-20-16-5-3-2-4-15(16)19-17(20)21/h2-9,18H,10-12H2,1H3,(H,19,21).